The first-order valence-corrected chi connectivity index (χ1v) is 9.31. The van der Waals surface area contributed by atoms with Crippen molar-refractivity contribution in [1.29, 1.82) is 0 Å². The number of fused-ring (bicyclic) bond motifs is 1. The van der Waals surface area contributed by atoms with Gasteiger partial charge in [0.2, 0.25) is 0 Å². The number of aryl methyl sites for hydroxylation is 1. The second-order valence-electron chi connectivity index (χ2n) is 6.69. The van der Waals surface area contributed by atoms with E-state index in [1.807, 2.05) is 0 Å². The Labute approximate surface area is 178 Å². The lowest BCUT2D eigenvalue weighted by atomic mass is 10.1. The van der Waals surface area contributed by atoms with Gasteiger partial charge in [0, 0.05) is 11.9 Å². The summed E-state index contributed by atoms with van der Waals surface area (Å²) in [5.74, 6) is -1.03. The molecule has 4 rings (SSSR count). The van der Waals surface area contributed by atoms with E-state index in [0.717, 1.165) is 24.3 Å². The molecule has 0 bridgehead atoms. The standard InChI is InChI=1S/C21H13ClF4N4O/c1-11-17-18(22)16(20(31)28-14-6-2-12(3-7-14)21(24,25)26)10-27-19(17)30(29-11)15-8-4-13(23)5-9-15/h2-10H,1H3,(H,28,31). The summed E-state index contributed by atoms with van der Waals surface area (Å²) in [5, 5.41) is 7.42. The van der Waals surface area contributed by atoms with E-state index in [4.69, 9.17) is 11.6 Å². The number of amides is 1. The van der Waals surface area contributed by atoms with E-state index < -0.39 is 23.5 Å². The number of halogens is 5. The molecule has 31 heavy (non-hydrogen) atoms. The van der Waals surface area contributed by atoms with Gasteiger partial charge in [0.15, 0.2) is 5.65 Å². The largest absolute Gasteiger partial charge is 0.416 e. The van der Waals surface area contributed by atoms with E-state index in [1.165, 1.54) is 35.1 Å². The number of alkyl halides is 3. The third-order valence-corrected chi connectivity index (χ3v) is 4.99. The van der Waals surface area contributed by atoms with E-state index in [1.54, 1.807) is 6.92 Å². The SMILES string of the molecule is Cc1nn(-c2ccc(F)cc2)c2ncc(C(=O)Nc3ccc(C(F)(F)F)cc3)c(Cl)c12. The summed E-state index contributed by atoms with van der Waals surface area (Å²) in [6.07, 6.45) is -3.21. The van der Waals surface area contributed by atoms with E-state index in [0.29, 0.717) is 22.4 Å². The third-order valence-electron chi connectivity index (χ3n) is 4.59. The summed E-state index contributed by atoms with van der Waals surface area (Å²) in [4.78, 5) is 16.9. The van der Waals surface area contributed by atoms with Crippen molar-refractivity contribution in [2.45, 2.75) is 13.1 Å². The zero-order valence-electron chi connectivity index (χ0n) is 15.8. The molecule has 2 aromatic heterocycles. The maximum Gasteiger partial charge on any atom is 0.416 e. The van der Waals surface area contributed by atoms with Gasteiger partial charge in [-0.3, -0.25) is 4.79 Å². The van der Waals surface area contributed by atoms with Crippen molar-refractivity contribution >= 4 is 34.2 Å². The van der Waals surface area contributed by atoms with Crippen molar-refractivity contribution in [3.05, 3.63) is 82.4 Å². The Balaban J connectivity index is 1.67. The Morgan fingerprint density at radius 1 is 1.06 bits per heavy atom. The van der Waals surface area contributed by atoms with Crippen LogP contribution in [0.4, 0.5) is 23.2 Å². The van der Waals surface area contributed by atoms with E-state index >= 15 is 0 Å². The first-order chi connectivity index (χ1) is 14.6. The molecule has 1 amide bonds. The highest BCUT2D eigenvalue weighted by Crippen LogP contribution is 2.32. The van der Waals surface area contributed by atoms with Gasteiger partial charge in [-0.05, 0) is 55.5 Å². The van der Waals surface area contributed by atoms with Crippen molar-refractivity contribution in [3.63, 3.8) is 0 Å². The predicted molar refractivity (Wildman–Crippen MR) is 108 cm³/mol. The second kappa shape index (κ2) is 7.66. The number of anilines is 1. The summed E-state index contributed by atoms with van der Waals surface area (Å²) in [5.41, 5.74) is 0.824. The lowest BCUT2D eigenvalue weighted by molar-refractivity contribution is -0.137. The highest BCUT2D eigenvalue weighted by atomic mass is 35.5. The topological polar surface area (TPSA) is 59.8 Å². The van der Waals surface area contributed by atoms with Gasteiger partial charge in [-0.25, -0.2) is 14.1 Å². The molecular weight excluding hydrogens is 436 g/mol. The Kier molecular flexibility index (Phi) is 5.14. The molecule has 1 N–H and O–H groups in total. The van der Waals surface area contributed by atoms with Gasteiger partial charge < -0.3 is 5.32 Å². The van der Waals surface area contributed by atoms with Gasteiger partial charge in [-0.1, -0.05) is 11.6 Å². The van der Waals surface area contributed by atoms with Gasteiger partial charge in [0.1, 0.15) is 5.82 Å². The van der Waals surface area contributed by atoms with E-state index in [2.05, 4.69) is 15.4 Å². The molecule has 0 aliphatic heterocycles. The van der Waals surface area contributed by atoms with Crippen molar-refractivity contribution in [1.82, 2.24) is 14.8 Å². The zero-order valence-corrected chi connectivity index (χ0v) is 16.6. The quantitative estimate of drug-likeness (QED) is 0.403. The second-order valence-corrected chi connectivity index (χ2v) is 7.07. The van der Waals surface area contributed by atoms with Crippen LogP contribution in [0.1, 0.15) is 21.6 Å². The fourth-order valence-electron chi connectivity index (χ4n) is 3.07. The van der Waals surface area contributed by atoms with Gasteiger partial charge in [0.25, 0.3) is 5.91 Å². The van der Waals surface area contributed by atoms with Crippen molar-refractivity contribution in [2.24, 2.45) is 0 Å². The number of benzene rings is 2. The summed E-state index contributed by atoms with van der Waals surface area (Å²) in [6, 6.07) is 9.67. The Hall–Kier alpha value is -3.46. The molecule has 0 aliphatic carbocycles. The molecular formula is C21H13ClF4N4O. The minimum Gasteiger partial charge on any atom is -0.322 e. The van der Waals surface area contributed by atoms with Crippen LogP contribution in [-0.4, -0.2) is 20.7 Å². The Morgan fingerprint density at radius 3 is 2.32 bits per heavy atom. The zero-order chi connectivity index (χ0) is 22.3. The minimum atomic E-state index is -4.47. The molecule has 158 valence electrons. The number of rotatable bonds is 3. The number of hydrogen-bond donors (Lipinski definition) is 1. The number of aromatic nitrogens is 3. The summed E-state index contributed by atoms with van der Waals surface area (Å²) in [6.45, 7) is 1.69. The number of carbonyl (C=O) groups excluding carboxylic acids is 1. The van der Waals surface area contributed by atoms with Crippen LogP contribution in [0.2, 0.25) is 5.02 Å². The lowest BCUT2D eigenvalue weighted by Gasteiger charge is -2.10. The maximum atomic E-state index is 13.2. The molecule has 2 aromatic carbocycles. The van der Waals surface area contributed by atoms with Gasteiger partial charge in [-0.2, -0.15) is 18.3 Å². The number of carbonyl (C=O) groups is 1. The molecule has 0 spiro atoms. The molecule has 0 unspecified atom stereocenters. The first-order valence-electron chi connectivity index (χ1n) is 8.93. The fraction of sp³-hybridized carbons (Fsp3) is 0.0952. The normalized spacial score (nSPS) is 11.7. The highest BCUT2D eigenvalue weighted by Gasteiger charge is 2.30. The monoisotopic (exact) mass is 448 g/mol. The first kappa shape index (κ1) is 20.8. The highest BCUT2D eigenvalue weighted by molar-refractivity contribution is 6.39. The van der Waals surface area contributed by atoms with Crippen molar-refractivity contribution in [3.8, 4) is 5.69 Å². The number of nitrogens with zero attached hydrogens (tertiary/aromatic N) is 3. The minimum absolute atomic E-state index is 0.0378. The van der Waals surface area contributed by atoms with Crippen molar-refractivity contribution in [2.75, 3.05) is 5.32 Å². The molecule has 0 aliphatic rings. The number of hydrogen-bond acceptors (Lipinski definition) is 3. The van der Waals surface area contributed by atoms with Gasteiger partial charge >= 0.3 is 6.18 Å². The van der Waals surface area contributed by atoms with Crippen LogP contribution in [0.15, 0.2) is 54.7 Å². The summed E-state index contributed by atoms with van der Waals surface area (Å²) >= 11 is 6.46. The average Bonchev–Trinajstić information content (AvgIpc) is 3.06. The van der Waals surface area contributed by atoms with Crippen molar-refractivity contribution < 1.29 is 22.4 Å². The molecule has 4 aromatic rings. The molecule has 0 atom stereocenters. The molecule has 5 nitrogen and oxygen atoms in total. The van der Waals surface area contributed by atoms with Crippen LogP contribution in [0, 0.1) is 12.7 Å². The summed E-state index contributed by atoms with van der Waals surface area (Å²) in [7, 11) is 0. The third kappa shape index (κ3) is 3.96. The Morgan fingerprint density at radius 2 is 1.71 bits per heavy atom. The van der Waals surface area contributed by atoms with Gasteiger partial charge in [0.05, 0.1) is 32.9 Å². The lowest BCUT2D eigenvalue weighted by Crippen LogP contribution is -2.13. The number of pyridine rings is 1. The molecule has 2 heterocycles. The number of nitrogens with one attached hydrogen (secondary N) is 1. The average molecular weight is 449 g/mol. The molecule has 0 radical (unpaired) electrons. The molecule has 0 saturated heterocycles. The van der Waals surface area contributed by atoms with Crippen LogP contribution in [0.5, 0.6) is 0 Å². The molecule has 0 fully saturated rings. The van der Waals surface area contributed by atoms with Gasteiger partial charge in [-0.15, -0.1) is 0 Å². The fourth-order valence-corrected chi connectivity index (χ4v) is 3.43. The van der Waals surface area contributed by atoms with Crippen LogP contribution in [-0.2, 0) is 6.18 Å². The van der Waals surface area contributed by atoms with Crippen LogP contribution >= 0.6 is 11.6 Å². The Bertz CT molecular complexity index is 1280. The molecule has 0 saturated carbocycles. The molecule has 10 heteroatoms. The van der Waals surface area contributed by atoms with E-state index in [9.17, 15) is 22.4 Å². The predicted octanol–water partition coefficient (Wildman–Crippen LogP) is 5.79. The smallest absolute Gasteiger partial charge is 0.322 e. The van der Waals surface area contributed by atoms with Crippen LogP contribution in [0.25, 0.3) is 16.7 Å². The maximum absolute atomic E-state index is 13.2. The van der Waals surface area contributed by atoms with Crippen LogP contribution in [0.3, 0.4) is 0 Å². The van der Waals surface area contributed by atoms with E-state index in [-0.39, 0.29) is 16.3 Å². The van der Waals surface area contributed by atoms with Crippen LogP contribution < -0.4 is 5.32 Å². The summed E-state index contributed by atoms with van der Waals surface area (Å²) < 4.78 is 52.8.